The molecule has 1 amide bonds. The molecule has 0 aliphatic carbocycles. The molecule has 5 aromatic rings. The highest BCUT2D eigenvalue weighted by molar-refractivity contribution is 5.68. The number of rotatable bonds is 9. The number of amides is 1. The van der Waals surface area contributed by atoms with Gasteiger partial charge in [-0.1, -0.05) is 97.1 Å². The van der Waals surface area contributed by atoms with Gasteiger partial charge in [0.1, 0.15) is 5.75 Å². The highest BCUT2D eigenvalue weighted by atomic mass is 16.5. The summed E-state index contributed by atoms with van der Waals surface area (Å²) in [5, 5.41) is 0. The minimum Gasteiger partial charge on any atom is -0.494 e. The van der Waals surface area contributed by atoms with Crippen molar-refractivity contribution in [3.63, 3.8) is 0 Å². The van der Waals surface area contributed by atoms with Gasteiger partial charge in [-0.3, -0.25) is 9.69 Å². The van der Waals surface area contributed by atoms with Crippen LogP contribution >= 0.6 is 0 Å². The number of carbonyl (C=O) groups is 1. The van der Waals surface area contributed by atoms with Gasteiger partial charge in [0, 0.05) is 50.0 Å². The summed E-state index contributed by atoms with van der Waals surface area (Å²) < 4.78 is 8.12. The van der Waals surface area contributed by atoms with Gasteiger partial charge in [0.05, 0.1) is 12.3 Å². The summed E-state index contributed by atoms with van der Waals surface area (Å²) in [6.45, 7) is 8.49. The summed E-state index contributed by atoms with van der Waals surface area (Å²) in [7, 11) is 0. The highest BCUT2D eigenvalue weighted by Crippen LogP contribution is 2.30. The lowest BCUT2D eigenvalue weighted by atomic mass is 10.1. The van der Waals surface area contributed by atoms with Crippen LogP contribution in [0.15, 0.2) is 127 Å². The molecule has 0 bridgehead atoms. The van der Waals surface area contributed by atoms with Crippen molar-refractivity contribution in [1.82, 2.24) is 14.4 Å². The molecule has 5 heteroatoms. The van der Waals surface area contributed by atoms with Gasteiger partial charge in [-0.05, 0) is 60.9 Å². The van der Waals surface area contributed by atoms with E-state index in [-0.39, 0.29) is 6.04 Å². The molecular formula is C38H41N3O2. The molecule has 6 rings (SSSR count). The summed E-state index contributed by atoms with van der Waals surface area (Å²) >= 11 is 0. The summed E-state index contributed by atoms with van der Waals surface area (Å²) in [5.74, 6) is 0.882. The zero-order valence-corrected chi connectivity index (χ0v) is 25.2. The maximum Gasteiger partial charge on any atom is 0.210 e. The molecule has 5 nitrogen and oxygen atoms in total. The van der Waals surface area contributed by atoms with E-state index in [9.17, 15) is 4.79 Å². The van der Waals surface area contributed by atoms with Crippen LogP contribution in [0.2, 0.25) is 0 Å². The second-order valence-electron chi connectivity index (χ2n) is 11.0. The van der Waals surface area contributed by atoms with E-state index in [4.69, 9.17) is 4.74 Å². The molecule has 1 fully saturated rings. The van der Waals surface area contributed by atoms with Crippen molar-refractivity contribution in [3.05, 3.63) is 144 Å². The predicted molar refractivity (Wildman–Crippen MR) is 176 cm³/mol. The van der Waals surface area contributed by atoms with Crippen LogP contribution in [0.4, 0.5) is 0 Å². The van der Waals surface area contributed by atoms with Crippen LogP contribution in [-0.2, 0) is 11.3 Å². The third kappa shape index (κ3) is 8.02. The first-order chi connectivity index (χ1) is 21.1. The molecule has 1 atom stereocenters. The highest BCUT2D eigenvalue weighted by Gasteiger charge is 2.25. The normalized spacial score (nSPS) is 14.9. The van der Waals surface area contributed by atoms with Crippen LogP contribution < -0.4 is 4.74 Å². The van der Waals surface area contributed by atoms with E-state index in [0.717, 1.165) is 44.8 Å². The van der Waals surface area contributed by atoms with Crippen LogP contribution in [-0.4, -0.2) is 53.1 Å². The number of carbonyl (C=O) groups excluding carboxylic acids is 1. The van der Waals surface area contributed by atoms with Crippen LogP contribution in [0, 0.1) is 13.8 Å². The van der Waals surface area contributed by atoms with Gasteiger partial charge in [-0.25, -0.2) is 0 Å². The Labute approximate surface area is 256 Å². The second kappa shape index (κ2) is 15.0. The Morgan fingerprint density at radius 1 is 0.767 bits per heavy atom. The van der Waals surface area contributed by atoms with Crippen molar-refractivity contribution in [2.45, 2.75) is 32.9 Å². The standard InChI is InChI=1S/C20H24N2O2.C18H17N/c23-17-22-13-12-21(15-18-7-3-1-4-8-18)16-19(22)11-14-24-20-9-5-2-6-10-20;1-14-13-15(2)19(17-11-7-4-8-12-17)18(14)16-9-5-3-6-10-16/h1-10,17,19H,11-16H2;3-13H,1-2H3. The Morgan fingerprint density at radius 3 is 2.02 bits per heavy atom. The SMILES string of the molecule is Cc1cc(C)n(-c2ccccc2)c1-c1ccccc1.O=CN1CCN(Cc2ccccc2)CC1CCOc1ccccc1. The van der Waals surface area contributed by atoms with Crippen molar-refractivity contribution in [1.29, 1.82) is 0 Å². The first-order valence-electron chi connectivity index (χ1n) is 15.1. The molecule has 0 N–H and O–H groups in total. The zero-order valence-electron chi connectivity index (χ0n) is 25.2. The van der Waals surface area contributed by atoms with Crippen molar-refractivity contribution < 1.29 is 9.53 Å². The van der Waals surface area contributed by atoms with E-state index < -0.39 is 0 Å². The first kappa shape index (κ1) is 29.9. The third-order valence-corrected chi connectivity index (χ3v) is 7.90. The van der Waals surface area contributed by atoms with Crippen LogP contribution in [0.3, 0.4) is 0 Å². The second-order valence-corrected chi connectivity index (χ2v) is 11.0. The molecule has 1 aliphatic rings. The number of piperazine rings is 1. The van der Waals surface area contributed by atoms with Crippen molar-refractivity contribution in [2.75, 3.05) is 26.2 Å². The number of para-hydroxylation sites is 2. The maximum absolute atomic E-state index is 11.3. The minimum atomic E-state index is 0.212. The predicted octanol–water partition coefficient (Wildman–Crippen LogP) is 7.56. The fraction of sp³-hybridized carbons (Fsp3) is 0.237. The number of nitrogens with zero attached hydrogens (tertiary/aromatic N) is 3. The smallest absolute Gasteiger partial charge is 0.210 e. The molecule has 0 spiro atoms. The summed E-state index contributed by atoms with van der Waals surface area (Å²) in [4.78, 5) is 15.7. The molecular weight excluding hydrogens is 530 g/mol. The van der Waals surface area contributed by atoms with Gasteiger partial charge in [0.2, 0.25) is 6.41 Å². The van der Waals surface area contributed by atoms with E-state index in [1.54, 1.807) is 0 Å². The number of hydrogen-bond acceptors (Lipinski definition) is 3. The topological polar surface area (TPSA) is 37.7 Å². The molecule has 0 radical (unpaired) electrons. The van der Waals surface area contributed by atoms with E-state index in [2.05, 4.69) is 114 Å². The average Bonchev–Trinajstić information content (AvgIpc) is 3.36. The molecule has 220 valence electrons. The van der Waals surface area contributed by atoms with Crippen molar-refractivity contribution in [3.8, 4) is 22.7 Å². The summed E-state index contributed by atoms with van der Waals surface area (Å²) in [6, 6.07) is 43.9. The maximum atomic E-state index is 11.3. The Hall–Kier alpha value is -4.61. The van der Waals surface area contributed by atoms with Gasteiger partial charge in [-0.2, -0.15) is 0 Å². The van der Waals surface area contributed by atoms with Gasteiger partial charge in [-0.15, -0.1) is 0 Å². The number of aryl methyl sites for hydroxylation is 2. The van der Waals surface area contributed by atoms with Gasteiger partial charge in [0.25, 0.3) is 0 Å². The third-order valence-electron chi connectivity index (χ3n) is 7.90. The molecule has 43 heavy (non-hydrogen) atoms. The number of benzene rings is 4. The first-order valence-corrected chi connectivity index (χ1v) is 15.1. The quantitative estimate of drug-likeness (QED) is 0.171. The van der Waals surface area contributed by atoms with Crippen LogP contribution in [0.5, 0.6) is 5.75 Å². The Bertz CT molecular complexity index is 1480. The van der Waals surface area contributed by atoms with Crippen LogP contribution in [0.25, 0.3) is 16.9 Å². The van der Waals surface area contributed by atoms with Gasteiger partial charge in [0.15, 0.2) is 0 Å². The van der Waals surface area contributed by atoms with E-state index >= 15 is 0 Å². The minimum absolute atomic E-state index is 0.212. The number of ether oxygens (including phenoxy) is 1. The molecule has 1 unspecified atom stereocenters. The lowest BCUT2D eigenvalue weighted by Gasteiger charge is -2.39. The van der Waals surface area contributed by atoms with Gasteiger partial charge < -0.3 is 14.2 Å². The number of aromatic nitrogens is 1. The largest absolute Gasteiger partial charge is 0.494 e. The molecule has 1 saturated heterocycles. The fourth-order valence-corrected chi connectivity index (χ4v) is 5.81. The van der Waals surface area contributed by atoms with E-state index in [0.29, 0.717) is 6.61 Å². The summed E-state index contributed by atoms with van der Waals surface area (Å²) in [5.41, 5.74) is 7.65. The van der Waals surface area contributed by atoms with Crippen molar-refractivity contribution in [2.24, 2.45) is 0 Å². The van der Waals surface area contributed by atoms with E-state index in [1.807, 2.05) is 41.3 Å². The molecule has 0 saturated carbocycles. The molecule has 1 aromatic heterocycles. The fourth-order valence-electron chi connectivity index (χ4n) is 5.81. The van der Waals surface area contributed by atoms with Crippen LogP contribution in [0.1, 0.15) is 23.2 Å². The Balaban J connectivity index is 0.000000176. The zero-order chi connectivity index (χ0) is 29.9. The monoisotopic (exact) mass is 571 g/mol. The molecule has 4 aromatic carbocycles. The Kier molecular flexibility index (Phi) is 10.4. The molecule has 2 heterocycles. The number of hydrogen-bond donors (Lipinski definition) is 0. The lowest BCUT2D eigenvalue weighted by Crippen LogP contribution is -2.52. The van der Waals surface area contributed by atoms with Gasteiger partial charge >= 0.3 is 0 Å². The van der Waals surface area contributed by atoms with Crippen molar-refractivity contribution >= 4 is 6.41 Å². The molecule has 1 aliphatic heterocycles. The van der Waals surface area contributed by atoms with E-state index in [1.165, 1.54) is 33.8 Å². The average molecular weight is 572 g/mol. The Morgan fingerprint density at radius 2 is 1.37 bits per heavy atom. The summed E-state index contributed by atoms with van der Waals surface area (Å²) in [6.07, 6.45) is 1.83. The lowest BCUT2D eigenvalue weighted by molar-refractivity contribution is -0.123.